The molecule has 0 bridgehead atoms. The highest BCUT2D eigenvalue weighted by molar-refractivity contribution is 6.73. The van der Waals surface area contributed by atoms with Crippen molar-refractivity contribution in [2.24, 2.45) is 0 Å². The van der Waals surface area contributed by atoms with E-state index in [1.165, 1.54) is 6.92 Å². The topological polar surface area (TPSA) is 20.2 Å². The Bertz CT molecular complexity index is 230. The van der Waals surface area contributed by atoms with Gasteiger partial charge in [0, 0.05) is 0 Å². The second kappa shape index (κ2) is 5.11. The lowest BCUT2D eigenvalue weighted by Gasteiger charge is -2.44. The molecule has 0 radical (unpaired) electrons. The number of aliphatic hydroxyl groups excluding tert-OH is 1. The Morgan fingerprint density at radius 3 is 1.33 bits per heavy atom. The Morgan fingerprint density at radius 2 is 1.13 bits per heavy atom. The maximum Gasteiger partial charge on any atom is 0.188 e. The maximum absolute atomic E-state index is 8.92. The average Bonchev–Trinajstić information content (AvgIpc) is 2.01. The first-order chi connectivity index (χ1) is 6.31. The van der Waals surface area contributed by atoms with Gasteiger partial charge in [-0.25, -0.2) is 0 Å². The molecule has 15 heavy (non-hydrogen) atoms. The van der Waals surface area contributed by atoms with Gasteiger partial charge in [-0.2, -0.15) is 0 Å². The molecule has 0 saturated heterocycles. The van der Waals surface area contributed by atoms with Gasteiger partial charge in [0.1, 0.15) is 0 Å². The predicted octanol–water partition coefficient (Wildman–Crippen LogP) is 4.69. The molecule has 0 amide bonds. The van der Waals surface area contributed by atoms with E-state index in [9.17, 15) is 0 Å². The van der Waals surface area contributed by atoms with E-state index >= 15 is 0 Å². The van der Waals surface area contributed by atoms with E-state index in [4.69, 9.17) is 97.9 Å². The van der Waals surface area contributed by atoms with Crippen molar-refractivity contribution >= 4 is 92.8 Å². The third kappa shape index (κ3) is 3.19. The van der Waals surface area contributed by atoms with E-state index in [-0.39, 0.29) is 0 Å². The molecule has 0 unspecified atom stereocenters. The number of hydrogen-bond acceptors (Lipinski definition) is 1. The summed E-state index contributed by atoms with van der Waals surface area (Å²) in [6.45, 7) is 0.477. The first-order valence-electron chi connectivity index (χ1n) is 3.43. The van der Waals surface area contributed by atoms with Crippen molar-refractivity contribution < 1.29 is 5.11 Å². The van der Waals surface area contributed by atoms with Gasteiger partial charge in [0.25, 0.3) is 0 Å². The quantitative estimate of drug-likeness (QED) is 0.704. The lowest BCUT2D eigenvalue weighted by Crippen LogP contribution is -2.58. The van der Waals surface area contributed by atoms with E-state index in [1.54, 1.807) is 0 Å². The van der Waals surface area contributed by atoms with Gasteiger partial charge in [0.2, 0.25) is 0 Å². The van der Waals surface area contributed by atoms with Crippen molar-refractivity contribution in [3.63, 3.8) is 0 Å². The Kier molecular flexibility index (Phi) is 5.88. The van der Waals surface area contributed by atoms with Crippen LogP contribution in [0.1, 0.15) is 6.92 Å². The summed E-state index contributed by atoms with van der Waals surface area (Å²) in [4.78, 5) is 0. The van der Waals surface area contributed by atoms with Crippen LogP contribution in [0.15, 0.2) is 0 Å². The SMILES string of the molecule is CC(Cl)(Cl)C(Cl)(Cl)C(Cl)(Cl)C(Cl)(Cl)CO. The Labute approximate surface area is 128 Å². The van der Waals surface area contributed by atoms with Crippen LogP contribution in [0.4, 0.5) is 0 Å². The molecule has 0 spiro atoms. The highest BCUT2D eigenvalue weighted by atomic mass is 35.6. The molecule has 0 aromatic rings. The summed E-state index contributed by atoms with van der Waals surface area (Å²) in [6.07, 6.45) is 0. The number of aliphatic hydroxyl groups is 1. The molecule has 1 N–H and O–H groups in total. The van der Waals surface area contributed by atoms with E-state index < -0.39 is 23.9 Å². The molecular formula is C6H6Cl8O. The zero-order chi connectivity index (χ0) is 12.7. The third-order valence-corrected chi connectivity index (χ3v) is 6.67. The summed E-state index contributed by atoms with van der Waals surface area (Å²) in [5.74, 6) is 0. The van der Waals surface area contributed by atoms with E-state index in [1.807, 2.05) is 0 Å². The van der Waals surface area contributed by atoms with E-state index in [0.29, 0.717) is 0 Å². The number of rotatable bonds is 4. The minimum absolute atomic E-state index is 0.784. The van der Waals surface area contributed by atoms with Crippen molar-refractivity contribution in [1.29, 1.82) is 0 Å². The summed E-state index contributed by atoms with van der Waals surface area (Å²) in [6, 6.07) is 0. The van der Waals surface area contributed by atoms with Crippen LogP contribution in [-0.4, -0.2) is 29.0 Å². The molecule has 0 atom stereocenters. The Hall–Kier alpha value is 2.28. The molecular weight excluding hydrogens is 372 g/mol. The summed E-state index contributed by atoms with van der Waals surface area (Å²) >= 11 is 46.0. The molecule has 0 aliphatic rings. The molecule has 0 aliphatic carbocycles. The fourth-order valence-corrected chi connectivity index (χ4v) is 2.38. The zero-order valence-electron chi connectivity index (χ0n) is 7.18. The van der Waals surface area contributed by atoms with Gasteiger partial charge in [-0.3, -0.25) is 0 Å². The van der Waals surface area contributed by atoms with Crippen LogP contribution >= 0.6 is 92.8 Å². The molecule has 1 nitrogen and oxygen atoms in total. The van der Waals surface area contributed by atoms with Gasteiger partial charge < -0.3 is 5.11 Å². The van der Waals surface area contributed by atoms with E-state index in [0.717, 1.165) is 0 Å². The normalized spacial score (nSPS) is 15.6. The highest BCUT2D eigenvalue weighted by Gasteiger charge is 2.66. The molecule has 0 rings (SSSR count). The zero-order valence-corrected chi connectivity index (χ0v) is 13.2. The molecule has 0 fully saturated rings. The van der Waals surface area contributed by atoms with Gasteiger partial charge >= 0.3 is 0 Å². The van der Waals surface area contributed by atoms with Crippen LogP contribution in [0.2, 0.25) is 0 Å². The van der Waals surface area contributed by atoms with E-state index in [2.05, 4.69) is 0 Å². The molecule has 0 heterocycles. The third-order valence-electron chi connectivity index (χ3n) is 1.60. The van der Waals surface area contributed by atoms with Crippen molar-refractivity contribution in [1.82, 2.24) is 0 Å². The summed E-state index contributed by atoms with van der Waals surface area (Å²) in [5.41, 5.74) is 0. The van der Waals surface area contributed by atoms with Crippen molar-refractivity contribution in [2.45, 2.75) is 24.3 Å². The largest absolute Gasteiger partial charge is 0.393 e. The first kappa shape index (κ1) is 17.3. The summed E-state index contributed by atoms with van der Waals surface area (Å²) in [7, 11) is 0. The van der Waals surface area contributed by atoms with Crippen LogP contribution in [-0.2, 0) is 0 Å². The summed E-state index contributed by atoms with van der Waals surface area (Å²) < 4.78 is -8.04. The predicted molar refractivity (Wildman–Crippen MR) is 70.5 cm³/mol. The fraction of sp³-hybridized carbons (Fsp3) is 1.00. The van der Waals surface area contributed by atoms with Gasteiger partial charge in [-0.1, -0.05) is 92.8 Å². The lowest BCUT2D eigenvalue weighted by molar-refractivity contribution is 0.264. The lowest BCUT2D eigenvalue weighted by atomic mass is 10.1. The molecule has 0 aromatic heterocycles. The Balaban J connectivity index is 5.38. The van der Waals surface area contributed by atoms with Crippen LogP contribution < -0.4 is 0 Å². The van der Waals surface area contributed by atoms with Gasteiger partial charge in [-0.15, -0.1) is 0 Å². The summed E-state index contributed by atoms with van der Waals surface area (Å²) in [5, 5.41) is 8.92. The Morgan fingerprint density at radius 1 is 0.800 bits per heavy atom. The number of hydrogen-bond donors (Lipinski definition) is 1. The van der Waals surface area contributed by atoms with Crippen LogP contribution in [0.5, 0.6) is 0 Å². The minimum Gasteiger partial charge on any atom is -0.393 e. The van der Waals surface area contributed by atoms with Crippen molar-refractivity contribution in [2.75, 3.05) is 6.61 Å². The second-order valence-corrected chi connectivity index (χ2v) is 8.74. The monoisotopic (exact) mass is 374 g/mol. The molecule has 92 valence electrons. The van der Waals surface area contributed by atoms with Crippen molar-refractivity contribution in [3.8, 4) is 0 Å². The average molecular weight is 378 g/mol. The van der Waals surface area contributed by atoms with Crippen LogP contribution in [0, 0.1) is 0 Å². The number of halogens is 8. The molecule has 0 aliphatic heterocycles. The second-order valence-electron chi connectivity index (χ2n) is 2.90. The van der Waals surface area contributed by atoms with Gasteiger partial charge in [0.05, 0.1) is 6.61 Å². The van der Waals surface area contributed by atoms with Gasteiger partial charge in [0.15, 0.2) is 17.3 Å². The van der Waals surface area contributed by atoms with Crippen molar-refractivity contribution in [3.05, 3.63) is 0 Å². The number of alkyl halides is 8. The minimum atomic E-state index is -2.18. The molecule has 0 aromatic carbocycles. The van der Waals surface area contributed by atoms with Crippen LogP contribution in [0.3, 0.4) is 0 Å². The van der Waals surface area contributed by atoms with Crippen LogP contribution in [0.25, 0.3) is 0 Å². The maximum atomic E-state index is 8.92. The van der Waals surface area contributed by atoms with Gasteiger partial charge in [-0.05, 0) is 6.92 Å². The molecule has 9 heteroatoms. The fourth-order valence-electron chi connectivity index (χ4n) is 0.605. The smallest absolute Gasteiger partial charge is 0.188 e. The molecule has 0 saturated carbocycles. The first-order valence-corrected chi connectivity index (χ1v) is 6.46. The standard InChI is InChI=1S/C6H6Cl8O/c1-3(7,8)5(11,12)6(13,14)4(9,10)2-15/h15H,2H2,1H3. The highest BCUT2D eigenvalue weighted by Crippen LogP contribution is 2.60.